The Morgan fingerprint density at radius 1 is 1.42 bits per heavy atom. The number of aliphatic hydroxyl groups is 1. The zero-order chi connectivity index (χ0) is 8.39. The molecule has 0 aromatic carbocycles. The summed E-state index contributed by atoms with van der Waals surface area (Å²) < 4.78 is 10.8. The van der Waals surface area contributed by atoms with Gasteiger partial charge in [-0.05, 0) is 12.5 Å². The normalized spacial score (nSPS) is 36.5. The van der Waals surface area contributed by atoms with Crippen LogP contribution in [0.5, 0.6) is 0 Å². The maximum atomic E-state index is 9.28. The van der Waals surface area contributed by atoms with E-state index in [1.165, 1.54) is 0 Å². The highest BCUT2D eigenvalue weighted by molar-refractivity contribution is 5.02. The summed E-state index contributed by atoms with van der Waals surface area (Å²) in [6, 6.07) is 0. The van der Waals surface area contributed by atoms with Crippen LogP contribution in [-0.2, 0) is 9.47 Å². The minimum absolute atomic E-state index is 0.0845. The second-order valence-electron chi connectivity index (χ2n) is 3.37. The molecule has 0 aromatic heterocycles. The topological polar surface area (TPSA) is 38.7 Å². The van der Waals surface area contributed by atoms with Crippen molar-refractivity contribution in [2.75, 3.05) is 19.8 Å². The minimum atomic E-state index is 0.0845. The average molecular weight is 170 g/mol. The van der Waals surface area contributed by atoms with E-state index in [4.69, 9.17) is 9.47 Å². The molecule has 2 unspecified atom stereocenters. The SMILES string of the molecule is OC1=CC(C2CCOC2)OCC1. The average Bonchev–Trinajstić information content (AvgIpc) is 2.56. The fourth-order valence-electron chi connectivity index (χ4n) is 1.70. The van der Waals surface area contributed by atoms with Gasteiger partial charge in [-0.1, -0.05) is 0 Å². The monoisotopic (exact) mass is 170 g/mol. The van der Waals surface area contributed by atoms with Crippen molar-refractivity contribution >= 4 is 0 Å². The molecule has 1 saturated heterocycles. The predicted molar refractivity (Wildman–Crippen MR) is 44.0 cm³/mol. The molecule has 3 heteroatoms. The second kappa shape index (κ2) is 3.46. The van der Waals surface area contributed by atoms with Crippen LogP contribution in [0.1, 0.15) is 12.8 Å². The van der Waals surface area contributed by atoms with Crippen molar-refractivity contribution in [2.45, 2.75) is 18.9 Å². The maximum Gasteiger partial charge on any atom is 0.0931 e. The fourth-order valence-corrected chi connectivity index (χ4v) is 1.70. The summed E-state index contributed by atoms with van der Waals surface area (Å²) in [5.74, 6) is 0.922. The van der Waals surface area contributed by atoms with E-state index < -0.39 is 0 Å². The first-order valence-electron chi connectivity index (χ1n) is 4.45. The summed E-state index contributed by atoms with van der Waals surface area (Å²) in [5.41, 5.74) is 0. The van der Waals surface area contributed by atoms with E-state index in [1.807, 2.05) is 6.08 Å². The Bertz CT molecular complexity index is 182. The van der Waals surface area contributed by atoms with Crippen LogP contribution in [0, 0.1) is 5.92 Å². The van der Waals surface area contributed by atoms with Crippen molar-refractivity contribution in [1.82, 2.24) is 0 Å². The van der Waals surface area contributed by atoms with Gasteiger partial charge in [-0.25, -0.2) is 0 Å². The Balaban J connectivity index is 1.97. The van der Waals surface area contributed by atoms with Crippen LogP contribution in [0.15, 0.2) is 11.8 Å². The number of ether oxygens (including phenoxy) is 2. The van der Waals surface area contributed by atoms with Crippen molar-refractivity contribution in [3.05, 3.63) is 11.8 Å². The van der Waals surface area contributed by atoms with Crippen LogP contribution in [0.25, 0.3) is 0 Å². The van der Waals surface area contributed by atoms with Crippen LogP contribution in [0.3, 0.4) is 0 Å². The molecular formula is C9H14O3. The molecule has 1 N–H and O–H groups in total. The van der Waals surface area contributed by atoms with Gasteiger partial charge in [-0.2, -0.15) is 0 Å². The van der Waals surface area contributed by atoms with Crippen LogP contribution in [-0.4, -0.2) is 31.0 Å². The van der Waals surface area contributed by atoms with E-state index in [0.29, 0.717) is 24.7 Å². The van der Waals surface area contributed by atoms with Gasteiger partial charge in [0.25, 0.3) is 0 Å². The first-order valence-corrected chi connectivity index (χ1v) is 4.45. The Labute approximate surface area is 72.0 Å². The van der Waals surface area contributed by atoms with Gasteiger partial charge in [0.05, 0.1) is 25.1 Å². The van der Waals surface area contributed by atoms with Gasteiger partial charge in [0.2, 0.25) is 0 Å². The molecule has 2 aliphatic heterocycles. The third kappa shape index (κ3) is 1.62. The smallest absolute Gasteiger partial charge is 0.0931 e. The highest BCUT2D eigenvalue weighted by atomic mass is 16.5. The van der Waals surface area contributed by atoms with Crippen LogP contribution >= 0.6 is 0 Å². The van der Waals surface area contributed by atoms with Gasteiger partial charge >= 0.3 is 0 Å². The van der Waals surface area contributed by atoms with E-state index in [-0.39, 0.29) is 6.10 Å². The molecular weight excluding hydrogens is 156 g/mol. The van der Waals surface area contributed by atoms with Gasteiger partial charge in [-0.15, -0.1) is 0 Å². The molecule has 0 radical (unpaired) electrons. The summed E-state index contributed by atoms with van der Waals surface area (Å²) in [4.78, 5) is 0. The van der Waals surface area contributed by atoms with Gasteiger partial charge < -0.3 is 14.6 Å². The molecule has 12 heavy (non-hydrogen) atoms. The Kier molecular flexibility index (Phi) is 2.33. The molecule has 2 aliphatic rings. The van der Waals surface area contributed by atoms with Crippen molar-refractivity contribution < 1.29 is 14.6 Å². The van der Waals surface area contributed by atoms with Gasteiger partial charge in [0, 0.05) is 18.9 Å². The lowest BCUT2D eigenvalue weighted by molar-refractivity contribution is 0.0235. The molecule has 2 atom stereocenters. The molecule has 3 nitrogen and oxygen atoms in total. The van der Waals surface area contributed by atoms with Crippen molar-refractivity contribution in [3.63, 3.8) is 0 Å². The number of rotatable bonds is 1. The molecule has 0 amide bonds. The predicted octanol–water partition coefficient (Wildman–Crippen LogP) is 1.25. The second-order valence-corrected chi connectivity index (χ2v) is 3.37. The highest BCUT2D eigenvalue weighted by Gasteiger charge is 2.27. The van der Waals surface area contributed by atoms with E-state index >= 15 is 0 Å². The number of hydrogen-bond donors (Lipinski definition) is 1. The Morgan fingerprint density at radius 3 is 3.00 bits per heavy atom. The molecule has 0 aliphatic carbocycles. The summed E-state index contributed by atoms with van der Waals surface area (Å²) in [6.07, 6.45) is 3.61. The molecule has 2 heterocycles. The maximum absolute atomic E-state index is 9.28. The molecule has 2 rings (SSSR count). The summed E-state index contributed by atoms with van der Waals surface area (Å²) in [7, 11) is 0. The van der Waals surface area contributed by atoms with Crippen molar-refractivity contribution in [2.24, 2.45) is 5.92 Å². The van der Waals surface area contributed by atoms with Crippen molar-refractivity contribution in [1.29, 1.82) is 0 Å². The lowest BCUT2D eigenvalue weighted by atomic mass is 9.99. The van der Waals surface area contributed by atoms with E-state index in [2.05, 4.69) is 0 Å². The van der Waals surface area contributed by atoms with Crippen LogP contribution in [0.2, 0.25) is 0 Å². The van der Waals surface area contributed by atoms with E-state index in [0.717, 1.165) is 19.6 Å². The quantitative estimate of drug-likeness (QED) is 0.643. The largest absolute Gasteiger partial charge is 0.512 e. The Morgan fingerprint density at radius 2 is 2.33 bits per heavy atom. The van der Waals surface area contributed by atoms with Gasteiger partial charge in [-0.3, -0.25) is 0 Å². The molecule has 0 saturated carbocycles. The molecule has 0 aromatic rings. The highest BCUT2D eigenvalue weighted by Crippen LogP contribution is 2.24. The summed E-state index contributed by atoms with van der Waals surface area (Å²) in [6.45, 7) is 2.25. The lowest BCUT2D eigenvalue weighted by Crippen LogP contribution is -2.26. The first kappa shape index (κ1) is 8.08. The van der Waals surface area contributed by atoms with E-state index in [9.17, 15) is 5.11 Å². The number of aliphatic hydroxyl groups excluding tert-OH is 1. The van der Waals surface area contributed by atoms with E-state index in [1.54, 1.807) is 0 Å². The third-order valence-electron chi connectivity index (χ3n) is 2.45. The van der Waals surface area contributed by atoms with Crippen LogP contribution in [0.4, 0.5) is 0 Å². The molecule has 68 valence electrons. The third-order valence-corrected chi connectivity index (χ3v) is 2.45. The Hall–Kier alpha value is -0.540. The van der Waals surface area contributed by atoms with Crippen molar-refractivity contribution in [3.8, 4) is 0 Å². The summed E-state index contributed by atoms with van der Waals surface area (Å²) in [5, 5.41) is 9.28. The molecule has 0 bridgehead atoms. The zero-order valence-electron chi connectivity index (χ0n) is 7.03. The van der Waals surface area contributed by atoms with Gasteiger partial charge in [0.15, 0.2) is 0 Å². The minimum Gasteiger partial charge on any atom is -0.512 e. The molecule has 0 spiro atoms. The van der Waals surface area contributed by atoms with Gasteiger partial charge in [0.1, 0.15) is 0 Å². The molecule has 1 fully saturated rings. The standard InChI is InChI=1S/C9H14O3/c10-8-2-4-12-9(5-8)7-1-3-11-6-7/h5,7,9-10H,1-4,6H2. The number of hydrogen-bond acceptors (Lipinski definition) is 3. The van der Waals surface area contributed by atoms with Crippen LogP contribution < -0.4 is 0 Å². The summed E-state index contributed by atoms with van der Waals surface area (Å²) >= 11 is 0. The first-order chi connectivity index (χ1) is 5.86. The lowest BCUT2D eigenvalue weighted by Gasteiger charge is -2.23. The zero-order valence-corrected chi connectivity index (χ0v) is 7.03. The fraction of sp³-hybridized carbons (Fsp3) is 0.778.